The van der Waals surface area contributed by atoms with Gasteiger partial charge in [0.05, 0.1) is 0 Å². The molecule has 0 saturated heterocycles. The van der Waals surface area contributed by atoms with Gasteiger partial charge in [0, 0.05) is 0 Å². The number of nitrogens with zero attached hydrogens (tertiary/aromatic N) is 2. The van der Waals surface area contributed by atoms with Gasteiger partial charge in [0.15, 0.2) is 0 Å². The van der Waals surface area contributed by atoms with Crippen LogP contribution >= 0.6 is 0 Å². The van der Waals surface area contributed by atoms with E-state index in [4.69, 9.17) is 20.0 Å². The van der Waals surface area contributed by atoms with Crippen LogP contribution in [0.3, 0.4) is 0 Å². The molecular formula is N2O3+2. The molecule has 0 amide bonds. The molecule has 5 heteroatoms. The molecule has 0 fully saturated rings. The van der Waals surface area contributed by atoms with Gasteiger partial charge in [-0.1, -0.05) is 0 Å². The summed E-state index contributed by atoms with van der Waals surface area (Å²) in [7, 11) is 0. The standard InChI is InChI=1S/NO2.NO/c2-1-3;1-2/q2*+1. The molecule has 0 N–H and O–H groups in total. The molecule has 0 aliphatic carbocycles. The van der Waals surface area contributed by atoms with Gasteiger partial charge in [-0.15, -0.1) is 0 Å². The van der Waals surface area contributed by atoms with Crippen LogP contribution in [-0.2, 0) is 4.77 Å². The van der Waals surface area contributed by atoms with Crippen LogP contribution in [0.5, 0.6) is 0 Å². The minimum absolute atomic E-state index is 1.00. The molecule has 0 atom stereocenters. The molecule has 0 aliphatic heterocycles. The zero-order chi connectivity index (χ0) is 4.71. The molecule has 0 rings (SSSR count). The van der Waals surface area contributed by atoms with Gasteiger partial charge in [0.25, 0.3) is 0 Å². The molecule has 0 radical (unpaired) electrons. The molecule has 0 heterocycles. The third-order valence-corrected chi connectivity index (χ3v) is 0. The average Bonchev–Trinajstić information content (AvgIpc) is 1.46. The minimum atomic E-state index is 1.00. The van der Waals surface area contributed by atoms with E-state index in [0.717, 1.165) is 5.04 Å². The van der Waals surface area contributed by atoms with Crippen molar-refractivity contribution in [3.05, 3.63) is 9.81 Å². The van der Waals surface area contributed by atoms with E-state index in [1.807, 2.05) is 0 Å². The quantitative estimate of drug-likeness (QED) is 0.287. The molecule has 0 saturated carbocycles. The normalized spacial score (nSPS) is 2.00. The molecule has 0 aliphatic rings. The van der Waals surface area contributed by atoms with Crippen molar-refractivity contribution in [1.29, 1.82) is 5.46 Å². The van der Waals surface area contributed by atoms with Gasteiger partial charge in [0.1, 0.15) is 0 Å². The van der Waals surface area contributed by atoms with E-state index >= 15 is 0 Å². The van der Waals surface area contributed by atoms with Crippen LogP contribution < -0.4 is 5.04 Å². The van der Waals surface area contributed by atoms with Crippen molar-refractivity contribution in [3.8, 4) is 0 Å². The zero-order valence-corrected chi connectivity index (χ0v) is 2.12. The predicted molar refractivity (Wildman–Crippen MR) is 11.3 cm³/mol. The largest absolute Gasteiger partial charge is 0.569 e. The number of hydrogen-bond donors (Lipinski definition) is 0. The van der Waals surface area contributed by atoms with Crippen LogP contribution in [-0.4, -0.2) is 0 Å². The summed E-state index contributed by atoms with van der Waals surface area (Å²) in [5.74, 6) is 0. The minimum Gasteiger partial charge on any atom is 0.215 e. The predicted octanol–water partition coefficient (Wildman–Crippen LogP) is -0.517. The molecule has 0 aromatic carbocycles. The Bertz CT molecular complexity index is 47.2. The third kappa shape index (κ3) is 2.75. The SMILES string of the molecule is N#[O+].O=[N+]=O. The van der Waals surface area contributed by atoms with E-state index in [1.165, 1.54) is 0 Å². The molecule has 0 unspecified atom stereocenters. The maximum atomic E-state index is 8.00. The van der Waals surface area contributed by atoms with Crippen molar-refractivity contribution in [2.45, 2.75) is 0 Å². The Morgan fingerprint density at radius 1 is 1.40 bits per heavy atom. The van der Waals surface area contributed by atoms with Gasteiger partial charge in [-0.3, -0.25) is 0 Å². The fourth-order valence-corrected chi connectivity index (χ4v) is 0. The van der Waals surface area contributed by atoms with E-state index in [0.29, 0.717) is 0 Å². The zero-order valence-electron chi connectivity index (χ0n) is 2.12. The number of rotatable bonds is 0. The van der Waals surface area contributed by atoms with Crippen molar-refractivity contribution >= 4 is 0 Å². The van der Waals surface area contributed by atoms with Crippen LogP contribution in [0, 0.1) is 15.3 Å². The van der Waals surface area contributed by atoms with Gasteiger partial charge >= 0.3 is 15.3 Å². The van der Waals surface area contributed by atoms with Crippen LogP contribution in [0.1, 0.15) is 0 Å². The van der Waals surface area contributed by atoms with Crippen LogP contribution in [0.15, 0.2) is 0 Å². The van der Waals surface area contributed by atoms with Crippen molar-refractivity contribution < 1.29 is 4.77 Å². The molecule has 0 spiro atoms. The van der Waals surface area contributed by atoms with Crippen molar-refractivity contribution in [2.24, 2.45) is 0 Å². The Morgan fingerprint density at radius 2 is 1.40 bits per heavy atom. The van der Waals surface area contributed by atoms with Gasteiger partial charge < -0.3 is 0 Å². The maximum Gasteiger partial charge on any atom is 0.569 e. The smallest absolute Gasteiger partial charge is 0.215 e. The summed E-state index contributed by atoms with van der Waals surface area (Å²) in [4.78, 5) is 16.0. The molecule has 26 valence electrons. The second-order valence-corrected chi connectivity index (χ2v) is 0.0745. The summed E-state index contributed by atoms with van der Waals surface area (Å²) in [6.07, 6.45) is 0. The van der Waals surface area contributed by atoms with Crippen molar-refractivity contribution in [3.63, 3.8) is 0 Å². The van der Waals surface area contributed by atoms with E-state index in [9.17, 15) is 0 Å². The summed E-state index contributed by atoms with van der Waals surface area (Å²) < 4.78 is 7.25. The monoisotopic (exact) mass is 76.0 g/mol. The molecule has 5 heavy (non-hydrogen) atoms. The van der Waals surface area contributed by atoms with E-state index < -0.39 is 0 Å². The number of nitroso groups, excluding NO2 is 2. The van der Waals surface area contributed by atoms with E-state index in [1.54, 1.807) is 0 Å². The van der Waals surface area contributed by atoms with Crippen LogP contribution in [0.2, 0.25) is 0 Å². The Kier molecular flexibility index (Phi) is 52700. The number of hydrogen-bond acceptors (Lipinski definition) is 3. The van der Waals surface area contributed by atoms with Crippen LogP contribution in [0.25, 0.3) is 0 Å². The Labute approximate surface area is 26.4 Å². The summed E-state index contributed by atoms with van der Waals surface area (Å²) in [5.41, 5.74) is 5.75. The van der Waals surface area contributed by atoms with Gasteiger partial charge in [-0.2, -0.15) is 0 Å². The molecular weight excluding hydrogens is 76.0 g/mol. The van der Waals surface area contributed by atoms with E-state index in [-0.39, 0.29) is 0 Å². The summed E-state index contributed by atoms with van der Waals surface area (Å²) in [5, 5.41) is 1.00. The fourth-order valence-electron chi connectivity index (χ4n) is 0. The first-order chi connectivity index (χ1) is 2.41. The maximum absolute atomic E-state index is 8.00. The van der Waals surface area contributed by atoms with Crippen LogP contribution in [0.4, 0.5) is 0 Å². The van der Waals surface area contributed by atoms with Crippen molar-refractivity contribution in [1.82, 2.24) is 5.04 Å². The Hall–Kier alpha value is -1.02. The van der Waals surface area contributed by atoms with Gasteiger partial charge in [-0.05, 0) is 0 Å². The first-order valence-corrected chi connectivity index (χ1v) is 0.548. The third-order valence-electron chi connectivity index (χ3n) is 0. The van der Waals surface area contributed by atoms with Gasteiger partial charge in [0.2, 0.25) is 9.81 Å². The average molecular weight is 76.0 g/mol. The first kappa shape index (κ1) is 9.02. The van der Waals surface area contributed by atoms with E-state index in [2.05, 4.69) is 0 Å². The van der Waals surface area contributed by atoms with Gasteiger partial charge in [-0.25, -0.2) is 0 Å². The topological polar surface area (TPSA) is 91.9 Å². The molecule has 5 nitrogen and oxygen atoms in total. The molecule has 0 aromatic heterocycles. The Morgan fingerprint density at radius 3 is 1.40 bits per heavy atom. The second kappa shape index (κ2) is 29200. The second-order valence-electron chi connectivity index (χ2n) is 0.0745. The fraction of sp³-hybridized carbons (Fsp3) is 0. The molecule has 0 aromatic rings. The summed E-state index contributed by atoms with van der Waals surface area (Å²) in [6.45, 7) is 0. The molecule has 0 bridgehead atoms. The first-order valence-electron chi connectivity index (χ1n) is 0.548. The van der Waals surface area contributed by atoms with Crippen molar-refractivity contribution in [2.75, 3.05) is 0 Å². The Balaban J connectivity index is 0. The summed E-state index contributed by atoms with van der Waals surface area (Å²) in [6, 6.07) is 0. The summed E-state index contributed by atoms with van der Waals surface area (Å²) >= 11 is 0.